The molecule has 0 atom stereocenters. The van der Waals surface area contributed by atoms with Crippen LogP contribution in [-0.2, 0) is 16.6 Å². The van der Waals surface area contributed by atoms with Gasteiger partial charge in [0.2, 0.25) is 15.9 Å². The van der Waals surface area contributed by atoms with Crippen molar-refractivity contribution in [3.05, 3.63) is 59.7 Å². The fraction of sp³-hybridized carbons (Fsp3) is 0.150. The van der Waals surface area contributed by atoms with E-state index in [1.165, 1.54) is 19.4 Å². The number of benzene rings is 2. The Balaban J connectivity index is 2.05. The molecule has 31 heavy (non-hydrogen) atoms. The monoisotopic (exact) mass is 451 g/mol. The maximum atomic E-state index is 14.1. The van der Waals surface area contributed by atoms with Crippen LogP contribution in [0.1, 0.15) is 5.56 Å². The molecule has 2 aromatic carbocycles. The van der Waals surface area contributed by atoms with E-state index in [0.717, 1.165) is 15.1 Å². The quantitative estimate of drug-likeness (QED) is 0.496. The number of nitrogens with zero attached hydrogens (tertiary/aromatic N) is 3. The van der Waals surface area contributed by atoms with E-state index in [-0.39, 0.29) is 27.4 Å². The van der Waals surface area contributed by atoms with Gasteiger partial charge in [0.05, 0.1) is 23.9 Å². The molecule has 2 aromatic heterocycles. The first-order valence-electron chi connectivity index (χ1n) is 8.89. The van der Waals surface area contributed by atoms with Crippen molar-refractivity contribution in [3.63, 3.8) is 0 Å². The lowest BCUT2D eigenvalue weighted by Crippen LogP contribution is -2.25. The zero-order chi connectivity index (χ0) is 22.7. The summed E-state index contributed by atoms with van der Waals surface area (Å²) < 4.78 is 68.0. The number of pyridine rings is 1. The topological polar surface area (TPSA) is 95.7 Å². The van der Waals surface area contributed by atoms with E-state index in [2.05, 4.69) is 4.98 Å². The molecule has 0 radical (unpaired) electrons. The Morgan fingerprint density at radius 2 is 1.77 bits per heavy atom. The molecule has 11 heteroatoms. The molecule has 0 saturated heterocycles. The number of fused-ring (bicyclic) bond motifs is 2. The lowest BCUT2D eigenvalue weighted by atomic mass is 10.1. The van der Waals surface area contributed by atoms with Gasteiger partial charge in [-0.05, 0) is 12.1 Å². The minimum absolute atomic E-state index is 0.0349. The molecule has 0 spiro atoms. The van der Waals surface area contributed by atoms with Crippen LogP contribution in [0.3, 0.4) is 0 Å². The average Bonchev–Trinajstić information content (AvgIpc) is 3.00. The normalized spacial score (nSPS) is 12.0. The number of halogens is 3. The van der Waals surface area contributed by atoms with Crippen molar-refractivity contribution >= 4 is 37.4 Å². The molecule has 2 heterocycles. The number of hydrogen-bond acceptors (Lipinski definition) is 5. The van der Waals surface area contributed by atoms with Crippen molar-refractivity contribution in [1.29, 1.82) is 0 Å². The number of sulfonamides is 1. The first-order valence-corrected chi connectivity index (χ1v) is 10.7. The van der Waals surface area contributed by atoms with Gasteiger partial charge in [-0.1, -0.05) is 0 Å². The molecular weight excluding hydrogens is 435 g/mol. The summed E-state index contributed by atoms with van der Waals surface area (Å²) in [4.78, 5) is 4.07. The Morgan fingerprint density at radius 1 is 1.13 bits per heavy atom. The van der Waals surface area contributed by atoms with Crippen LogP contribution in [-0.4, -0.2) is 41.5 Å². The highest BCUT2D eigenvalue weighted by molar-refractivity contribution is 7.92. The Bertz CT molecular complexity index is 1450. The fourth-order valence-electron chi connectivity index (χ4n) is 3.53. The third kappa shape index (κ3) is 3.30. The summed E-state index contributed by atoms with van der Waals surface area (Å²) in [5.74, 6) is -4.38. The summed E-state index contributed by atoms with van der Waals surface area (Å²) in [6, 6.07) is 4.12. The first-order chi connectivity index (χ1) is 14.5. The highest BCUT2D eigenvalue weighted by atomic mass is 32.2. The fourth-order valence-corrected chi connectivity index (χ4v) is 4.05. The van der Waals surface area contributed by atoms with Crippen LogP contribution in [0, 0.1) is 17.5 Å². The average molecular weight is 451 g/mol. The zero-order valence-electron chi connectivity index (χ0n) is 16.3. The van der Waals surface area contributed by atoms with Gasteiger partial charge in [-0.25, -0.2) is 21.6 Å². The van der Waals surface area contributed by atoms with Gasteiger partial charge in [0.1, 0.15) is 23.0 Å². The van der Waals surface area contributed by atoms with Crippen molar-refractivity contribution in [2.24, 2.45) is 0 Å². The molecule has 7 nitrogen and oxygen atoms in total. The van der Waals surface area contributed by atoms with Crippen LogP contribution in [0.5, 0.6) is 11.6 Å². The summed E-state index contributed by atoms with van der Waals surface area (Å²) in [5.41, 5.74) is -0.364. The van der Waals surface area contributed by atoms with E-state index in [0.29, 0.717) is 12.1 Å². The second-order valence-corrected chi connectivity index (χ2v) is 9.06. The number of phenolic OH excluding ortho intramolecular Hbond substituents is 1. The van der Waals surface area contributed by atoms with Crippen LogP contribution >= 0.6 is 0 Å². The van der Waals surface area contributed by atoms with Gasteiger partial charge in [-0.2, -0.15) is 0 Å². The van der Waals surface area contributed by atoms with E-state index in [9.17, 15) is 31.8 Å². The molecule has 0 fully saturated rings. The molecule has 4 rings (SSSR count). The second-order valence-electron chi connectivity index (χ2n) is 7.04. The Labute approximate surface area is 174 Å². The minimum atomic E-state index is -3.76. The Morgan fingerprint density at radius 3 is 2.39 bits per heavy atom. The summed E-state index contributed by atoms with van der Waals surface area (Å²) in [6.45, 7) is -0.538. The summed E-state index contributed by atoms with van der Waals surface area (Å²) in [7, 11) is -2.47. The van der Waals surface area contributed by atoms with Gasteiger partial charge >= 0.3 is 0 Å². The molecule has 0 aliphatic carbocycles. The van der Waals surface area contributed by atoms with Gasteiger partial charge in [0.15, 0.2) is 5.75 Å². The first kappa shape index (κ1) is 20.8. The molecule has 0 aliphatic heterocycles. The standard InChI is InChI=1S/C20H16F3N3O4S/c1-25(31(2,29)30)18-11-4-3-5-24-17(11)19(27)16-13(18)9-26(20(16)28)8-12-14(22)6-10(21)7-15(12)23/h3-7,9,27-28H,8H2,1-2H3. The van der Waals surface area contributed by atoms with Crippen LogP contribution < -0.4 is 4.31 Å². The number of hydrogen-bond donors (Lipinski definition) is 2. The van der Waals surface area contributed by atoms with E-state index < -0.39 is 51.2 Å². The number of anilines is 1. The molecule has 0 bridgehead atoms. The van der Waals surface area contributed by atoms with Crippen LogP contribution in [0.15, 0.2) is 36.7 Å². The molecule has 162 valence electrons. The maximum absolute atomic E-state index is 14.1. The van der Waals surface area contributed by atoms with Crippen molar-refractivity contribution in [1.82, 2.24) is 9.55 Å². The highest BCUT2D eigenvalue weighted by Gasteiger charge is 2.26. The van der Waals surface area contributed by atoms with Crippen LogP contribution in [0.2, 0.25) is 0 Å². The van der Waals surface area contributed by atoms with Crippen molar-refractivity contribution in [2.75, 3.05) is 17.6 Å². The largest absolute Gasteiger partial charge is 0.505 e. The van der Waals surface area contributed by atoms with E-state index in [1.54, 1.807) is 12.1 Å². The molecule has 2 N–H and O–H groups in total. The minimum Gasteiger partial charge on any atom is -0.505 e. The number of rotatable bonds is 4. The number of phenols is 1. The van der Waals surface area contributed by atoms with Crippen molar-refractivity contribution in [3.8, 4) is 11.6 Å². The third-order valence-corrected chi connectivity index (χ3v) is 6.25. The smallest absolute Gasteiger partial charge is 0.232 e. The lowest BCUT2D eigenvalue weighted by molar-refractivity contribution is 0.420. The van der Waals surface area contributed by atoms with E-state index in [1.807, 2.05) is 0 Å². The Hall–Kier alpha value is -3.47. The van der Waals surface area contributed by atoms with Gasteiger partial charge in [-0.15, -0.1) is 0 Å². The number of aromatic hydroxyl groups is 2. The Kier molecular flexibility index (Phi) is 4.73. The molecule has 0 amide bonds. The van der Waals surface area contributed by atoms with Crippen LogP contribution in [0.25, 0.3) is 21.7 Å². The zero-order valence-corrected chi connectivity index (χ0v) is 17.1. The predicted molar refractivity (Wildman–Crippen MR) is 109 cm³/mol. The molecule has 0 aliphatic rings. The van der Waals surface area contributed by atoms with Gasteiger partial charge < -0.3 is 14.8 Å². The maximum Gasteiger partial charge on any atom is 0.232 e. The van der Waals surface area contributed by atoms with E-state index >= 15 is 0 Å². The lowest BCUT2D eigenvalue weighted by Gasteiger charge is -2.20. The van der Waals surface area contributed by atoms with Gasteiger partial charge in [0, 0.05) is 47.9 Å². The van der Waals surface area contributed by atoms with Gasteiger partial charge in [-0.3, -0.25) is 9.29 Å². The van der Waals surface area contributed by atoms with Gasteiger partial charge in [0.25, 0.3) is 0 Å². The predicted octanol–water partition coefficient (Wildman–Crippen LogP) is 3.46. The molecular formula is C20H16F3N3O4S. The molecule has 0 unspecified atom stereocenters. The highest BCUT2D eigenvalue weighted by Crippen LogP contribution is 2.46. The molecule has 4 aromatic rings. The molecule has 0 saturated carbocycles. The van der Waals surface area contributed by atoms with E-state index in [4.69, 9.17) is 0 Å². The van der Waals surface area contributed by atoms with Crippen molar-refractivity contribution in [2.45, 2.75) is 6.54 Å². The SMILES string of the molecule is CN(c1c2cccnc2c(O)c2c(O)n(Cc3c(F)cc(F)cc3F)cc12)S(C)(=O)=O. The van der Waals surface area contributed by atoms with Crippen molar-refractivity contribution < 1.29 is 31.8 Å². The number of aromatic nitrogens is 2. The third-order valence-electron chi connectivity index (χ3n) is 5.08. The second kappa shape index (κ2) is 7.05. The van der Waals surface area contributed by atoms with Crippen LogP contribution in [0.4, 0.5) is 18.9 Å². The summed E-state index contributed by atoms with van der Waals surface area (Å²) >= 11 is 0. The summed E-state index contributed by atoms with van der Waals surface area (Å²) in [6.07, 6.45) is 3.62. The summed E-state index contributed by atoms with van der Waals surface area (Å²) in [5, 5.41) is 21.7.